The molecule has 6 rings (SSSR count). The molecule has 6 aromatic rings. The Balaban J connectivity index is 1.22. The molecule has 45 heavy (non-hydrogen) atoms. The van der Waals surface area contributed by atoms with Crippen molar-refractivity contribution >= 4 is 50.2 Å². The number of hydrogen-bond donors (Lipinski definition) is 1. The van der Waals surface area contributed by atoms with Crippen LogP contribution in [-0.4, -0.2) is 23.8 Å². The first-order valence-electron chi connectivity index (χ1n) is 14.7. The molecule has 0 saturated carbocycles. The van der Waals surface area contributed by atoms with Crippen LogP contribution in [0.5, 0.6) is 5.75 Å². The second-order valence-electron chi connectivity index (χ2n) is 10.8. The first-order valence-corrected chi connectivity index (χ1v) is 16.3. The molecular formula is C38H32N2O4S. The first kappa shape index (κ1) is 29.8. The highest BCUT2D eigenvalue weighted by molar-refractivity contribution is 7.85. The van der Waals surface area contributed by atoms with Gasteiger partial charge in [0.05, 0.1) is 15.5 Å². The third kappa shape index (κ3) is 7.12. The fourth-order valence-electron chi connectivity index (χ4n) is 5.51. The van der Waals surface area contributed by atoms with Crippen LogP contribution in [0.4, 0.5) is 17.1 Å². The average molecular weight is 613 g/mol. The number of aromatic hydroxyl groups is 1. The third-order valence-electron chi connectivity index (χ3n) is 7.71. The van der Waals surface area contributed by atoms with Crippen molar-refractivity contribution in [1.29, 1.82) is 0 Å². The van der Waals surface area contributed by atoms with Gasteiger partial charge < -0.3 is 14.6 Å². The minimum atomic E-state index is -4.25. The van der Waals surface area contributed by atoms with Gasteiger partial charge in [-0.25, -0.2) is 8.42 Å². The lowest BCUT2D eigenvalue weighted by Gasteiger charge is -2.25. The molecule has 0 bridgehead atoms. The van der Waals surface area contributed by atoms with E-state index in [2.05, 4.69) is 53.4 Å². The number of rotatable bonds is 10. The number of hydrogen-bond acceptors (Lipinski definition) is 5. The number of para-hydroxylation sites is 3. The maximum absolute atomic E-state index is 11.0. The average Bonchev–Trinajstić information content (AvgIpc) is 3.06. The van der Waals surface area contributed by atoms with E-state index in [1.807, 2.05) is 102 Å². The van der Waals surface area contributed by atoms with Crippen molar-refractivity contribution in [2.24, 2.45) is 0 Å². The van der Waals surface area contributed by atoms with Crippen molar-refractivity contribution in [3.8, 4) is 16.9 Å². The summed E-state index contributed by atoms with van der Waals surface area (Å²) < 4.78 is 35.0. The van der Waals surface area contributed by atoms with E-state index in [0.717, 1.165) is 44.7 Å². The van der Waals surface area contributed by atoms with E-state index in [0.29, 0.717) is 12.1 Å². The van der Waals surface area contributed by atoms with E-state index in [1.165, 1.54) is 0 Å². The molecule has 1 N–H and O–H groups in total. The van der Waals surface area contributed by atoms with Gasteiger partial charge in [0.2, 0.25) is 5.52 Å². The molecular weight excluding hydrogens is 580 g/mol. The fraction of sp³-hybridized carbons (Fsp3) is 0.0789. The predicted molar refractivity (Wildman–Crippen MR) is 180 cm³/mol. The van der Waals surface area contributed by atoms with Crippen LogP contribution in [-0.2, 0) is 16.7 Å². The van der Waals surface area contributed by atoms with Crippen LogP contribution in [0, 0.1) is 0 Å². The zero-order valence-electron chi connectivity index (χ0n) is 24.5. The quantitative estimate of drug-likeness (QED) is 0.125. The summed E-state index contributed by atoms with van der Waals surface area (Å²) >= 11 is 0. The zero-order valence-corrected chi connectivity index (χ0v) is 25.3. The Bertz CT molecular complexity index is 2020. The molecule has 0 amide bonds. The van der Waals surface area contributed by atoms with Crippen molar-refractivity contribution in [2.75, 3.05) is 10.7 Å². The van der Waals surface area contributed by atoms with E-state index >= 15 is 0 Å². The predicted octanol–water partition coefficient (Wildman–Crippen LogP) is 8.08. The monoisotopic (exact) mass is 612 g/mol. The van der Waals surface area contributed by atoms with E-state index in [9.17, 15) is 18.1 Å². The Kier molecular flexibility index (Phi) is 8.73. The minimum Gasteiger partial charge on any atom is -0.748 e. The number of aryl methyl sites for hydroxylation is 1. The summed E-state index contributed by atoms with van der Waals surface area (Å²) in [7, 11) is -4.25. The summed E-state index contributed by atoms with van der Waals surface area (Å²) in [6.07, 6.45) is 5.98. The number of anilines is 3. The first-order chi connectivity index (χ1) is 21.9. The SMILES string of the molecule is O=S(=O)([O-])CCC[n+]1ccc(/C=C/c2ccc(-c3ccc(N(c4ccccc4)c4ccccc4)cc3)cc2O)c2ccccc21. The van der Waals surface area contributed by atoms with Crippen LogP contribution >= 0.6 is 0 Å². The molecule has 0 radical (unpaired) electrons. The van der Waals surface area contributed by atoms with Gasteiger partial charge in [-0.15, -0.1) is 0 Å². The standard InChI is InChI=1S/C38H32N2O4S/c41-38-28-32(29-20-22-35(23-21-29)40(33-10-3-1-4-11-33)34-12-5-2-6-13-34)19-18-31(38)17-16-30-24-26-39(25-9-27-45(42,43)44)37-15-8-7-14-36(30)37/h1-8,10-24,26,28H,9,25,27H2,(H,42,43,44). The second-order valence-corrected chi connectivity index (χ2v) is 12.3. The van der Waals surface area contributed by atoms with E-state index < -0.39 is 15.9 Å². The molecule has 6 nitrogen and oxygen atoms in total. The molecule has 0 atom stereocenters. The highest BCUT2D eigenvalue weighted by Crippen LogP contribution is 2.36. The summed E-state index contributed by atoms with van der Waals surface area (Å²) in [6.45, 7) is 0.422. The normalized spacial score (nSPS) is 11.7. The van der Waals surface area contributed by atoms with Crippen LogP contribution in [0.15, 0.2) is 140 Å². The largest absolute Gasteiger partial charge is 0.748 e. The van der Waals surface area contributed by atoms with Crippen LogP contribution in [0.25, 0.3) is 34.2 Å². The maximum Gasteiger partial charge on any atom is 0.213 e. The molecule has 5 aromatic carbocycles. The van der Waals surface area contributed by atoms with Crippen LogP contribution < -0.4 is 9.47 Å². The Morgan fingerprint density at radius 3 is 1.89 bits per heavy atom. The summed E-state index contributed by atoms with van der Waals surface area (Å²) in [4.78, 5) is 2.21. The van der Waals surface area contributed by atoms with Gasteiger partial charge in [-0.2, -0.15) is 4.57 Å². The lowest BCUT2D eigenvalue weighted by molar-refractivity contribution is -0.671. The maximum atomic E-state index is 11.0. The molecule has 224 valence electrons. The van der Waals surface area contributed by atoms with Gasteiger partial charge in [0, 0.05) is 46.9 Å². The van der Waals surface area contributed by atoms with Crippen LogP contribution in [0.1, 0.15) is 17.5 Å². The molecule has 0 fully saturated rings. The molecule has 1 heterocycles. The Morgan fingerprint density at radius 2 is 1.24 bits per heavy atom. The zero-order chi connectivity index (χ0) is 31.2. The number of benzene rings is 5. The van der Waals surface area contributed by atoms with Crippen molar-refractivity contribution < 1.29 is 22.6 Å². The molecule has 1 aromatic heterocycles. The van der Waals surface area contributed by atoms with Crippen molar-refractivity contribution in [1.82, 2.24) is 0 Å². The van der Waals surface area contributed by atoms with Gasteiger partial charge in [-0.3, -0.25) is 0 Å². The third-order valence-corrected chi connectivity index (χ3v) is 8.50. The van der Waals surface area contributed by atoms with Gasteiger partial charge in [-0.05, 0) is 65.2 Å². The Labute approximate surface area is 263 Å². The topological polar surface area (TPSA) is 84.6 Å². The number of fused-ring (bicyclic) bond motifs is 1. The number of aromatic nitrogens is 1. The molecule has 0 unspecified atom stereocenters. The number of nitrogens with zero attached hydrogens (tertiary/aromatic N) is 2. The van der Waals surface area contributed by atoms with Gasteiger partial charge in [-0.1, -0.05) is 84.9 Å². The van der Waals surface area contributed by atoms with Crippen molar-refractivity contribution in [3.05, 3.63) is 151 Å². The van der Waals surface area contributed by atoms with Gasteiger partial charge >= 0.3 is 0 Å². The number of phenolic OH excluding ortho intramolecular Hbond substituents is 1. The number of pyridine rings is 1. The van der Waals surface area contributed by atoms with E-state index in [1.54, 1.807) is 6.07 Å². The Morgan fingerprint density at radius 1 is 0.667 bits per heavy atom. The van der Waals surface area contributed by atoms with Gasteiger partial charge in [0.1, 0.15) is 12.3 Å². The molecule has 0 saturated heterocycles. The van der Waals surface area contributed by atoms with Crippen LogP contribution in [0.2, 0.25) is 0 Å². The molecule has 0 aliphatic rings. The second kappa shape index (κ2) is 13.2. The summed E-state index contributed by atoms with van der Waals surface area (Å²) in [5.74, 6) is -0.216. The Hall–Kier alpha value is -5.24. The number of phenols is 1. The van der Waals surface area contributed by atoms with Crippen molar-refractivity contribution in [2.45, 2.75) is 13.0 Å². The van der Waals surface area contributed by atoms with Gasteiger partial charge in [0.15, 0.2) is 6.20 Å². The lowest BCUT2D eigenvalue weighted by atomic mass is 10.0. The smallest absolute Gasteiger partial charge is 0.213 e. The highest BCUT2D eigenvalue weighted by atomic mass is 32.2. The van der Waals surface area contributed by atoms with E-state index in [-0.39, 0.29) is 12.2 Å². The van der Waals surface area contributed by atoms with E-state index in [4.69, 9.17) is 0 Å². The fourth-order valence-corrected chi connectivity index (χ4v) is 5.99. The summed E-state index contributed by atoms with van der Waals surface area (Å²) in [5, 5.41) is 11.9. The molecule has 7 heteroatoms. The van der Waals surface area contributed by atoms with Crippen molar-refractivity contribution in [3.63, 3.8) is 0 Å². The summed E-state index contributed by atoms with van der Waals surface area (Å²) in [5.41, 5.74) is 7.66. The molecule has 0 aliphatic carbocycles. The molecule has 0 aliphatic heterocycles. The van der Waals surface area contributed by atoms with Crippen LogP contribution in [0.3, 0.4) is 0 Å². The molecule has 0 spiro atoms. The van der Waals surface area contributed by atoms with Gasteiger partial charge in [0.25, 0.3) is 0 Å². The summed E-state index contributed by atoms with van der Waals surface area (Å²) in [6, 6.07) is 44.3. The highest BCUT2D eigenvalue weighted by Gasteiger charge is 2.14. The minimum absolute atomic E-state index is 0.178. The lowest BCUT2D eigenvalue weighted by Crippen LogP contribution is -2.35.